The van der Waals surface area contributed by atoms with Crippen LogP contribution in [0.3, 0.4) is 0 Å². The van der Waals surface area contributed by atoms with Crippen molar-refractivity contribution in [2.24, 2.45) is 0 Å². The van der Waals surface area contributed by atoms with Crippen LogP contribution in [0, 0.1) is 0 Å². The molecule has 0 aliphatic carbocycles. The Labute approximate surface area is 388 Å². The summed E-state index contributed by atoms with van der Waals surface area (Å²) in [5.41, 5.74) is 0. The van der Waals surface area contributed by atoms with Gasteiger partial charge in [0, 0.05) is 13.0 Å². The van der Waals surface area contributed by atoms with E-state index in [1.807, 2.05) is 0 Å². The fraction of sp³-hybridized carbons (Fsp3) is 0.845. The van der Waals surface area contributed by atoms with Crippen LogP contribution in [0.4, 0.5) is 0 Å². The Hall–Kier alpha value is -1.65. The summed E-state index contributed by atoms with van der Waals surface area (Å²) < 4.78 is 11.2. The lowest BCUT2D eigenvalue weighted by Gasteiger charge is -2.16. The number of rotatable bonds is 52. The van der Waals surface area contributed by atoms with Crippen molar-refractivity contribution < 1.29 is 19.4 Å². The van der Waals surface area contributed by atoms with Crippen LogP contribution < -0.4 is 0 Å². The van der Waals surface area contributed by atoms with Gasteiger partial charge in [-0.05, 0) is 51.4 Å². The molecule has 0 aliphatic rings. The molecule has 0 saturated carbocycles. The van der Waals surface area contributed by atoms with Gasteiger partial charge in [-0.15, -0.1) is 0 Å². The lowest BCUT2D eigenvalue weighted by atomic mass is 10.0. The predicted molar refractivity (Wildman–Crippen MR) is 274 cm³/mol. The summed E-state index contributed by atoms with van der Waals surface area (Å²) in [6, 6.07) is 0. The van der Waals surface area contributed by atoms with Crippen LogP contribution >= 0.6 is 0 Å². The zero-order valence-electron chi connectivity index (χ0n) is 41.9. The number of aliphatic hydroxyl groups excluding tert-OH is 1. The highest BCUT2D eigenvalue weighted by molar-refractivity contribution is 5.69. The molecular formula is C58H108O4. The summed E-state index contributed by atoms with van der Waals surface area (Å²) in [5, 5.41) is 9.67. The van der Waals surface area contributed by atoms with Gasteiger partial charge >= 0.3 is 5.97 Å². The van der Waals surface area contributed by atoms with Crippen molar-refractivity contribution in [3.8, 4) is 0 Å². The summed E-state index contributed by atoms with van der Waals surface area (Å²) in [5.74, 6) is -0.198. The third-order valence-electron chi connectivity index (χ3n) is 12.4. The molecule has 0 bridgehead atoms. The van der Waals surface area contributed by atoms with E-state index in [0.29, 0.717) is 19.6 Å². The maximum absolute atomic E-state index is 12.3. The predicted octanol–water partition coefficient (Wildman–Crippen LogP) is 18.9. The van der Waals surface area contributed by atoms with E-state index in [-0.39, 0.29) is 12.6 Å². The van der Waals surface area contributed by atoms with Crippen molar-refractivity contribution in [3.63, 3.8) is 0 Å². The number of unbranched alkanes of at least 4 members (excludes halogenated alkanes) is 36. The van der Waals surface area contributed by atoms with Crippen LogP contribution in [0.2, 0.25) is 0 Å². The Morgan fingerprint density at radius 3 is 1.10 bits per heavy atom. The first-order valence-electron chi connectivity index (χ1n) is 27.7. The van der Waals surface area contributed by atoms with Crippen LogP contribution in [0.1, 0.15) is 290 Å². The molecule has 1 atom stereocenters. The molecule has 4 heteroatoms. The van der Waals surface area contributed by atoms with E-state index in [9.17, 15) is 9.90 Å². The average molecular weight is 869 g/mol. The fourth-order valence-corrected chi connectivity index (χ4v) is 8.32. The number of aliphatic hydroxyl groups is 1. The van der Waals surface area contributed by atoms with Gasteiger partial charge in [-0.25, -0.2) is 0 Å². The Kier molecular flexibility index (Phi) is 54.0. The Morgan fingerprint density at radius 1 is 0.403 bits per heavy atom. The molecule has 0 heterocycles. The molecule has 0 rings (SSSR count). The van der Waals surface area contributed by atoms with Gasteiger partial charge in [0.25, 0.3) is 0 Å². The Balaban J connectivity index is 3.37. The maximum atomic E-state index is 12.3. The van der Waals surface area contributed by atoms with Crippen molar-refractivity contribution in [2.75, 3.05) is 19.8 Å². The van der Waals surface area contributed by atoms with Gasteiger partial charge in [0.15, 0.2) is 0 Å². The smallest absolute Gasteiger partial charge is 0.306 e. The van der Waals surface area contributed by atoms with E-state index in [1.54, 1.807) is 0 Å². The zero-order valence-corrected chi connectivity index (χ0v) is 41.9. The van der Waals surface area contributed by atoms with Gasteiger partial charge in [0.1, 0.15) is 6.10 Å². The lowest BCUT2D eigenvalue weighted by Crippen LogP contribution is -2.27. The van der Waals surface area contributed by atoms with E-state index in [2.05, 4.69) is 62.5 Å². The van der Waals surface area contributed by atoms with Gasteiger partial charge in [-0.2, -0.15) is 0 Å². The largest absolute Gasteiger partial charge is 0.457 e. The monoisotopic (exact) mass is 869 g/mol. The van der Waals surface area contributed by atoms with Crippen LogP contribution in [0.5, 0.6) is 0 Å². The first-order chi connectivity index (χ1) is 30.7. The molecule has 364 valence electrons. The average Bonchev–Trinajstić information content (AvgIpc) is 3.28. The molecule has 4 nitrogen and oxygen atoms in total. The van der Waals surface area contributed by atoms with Gasteiger partial charge in [0.2, 0.25) is 0 Å². The maximum Gasteiger partial charge on any atom is 0.306 e. The van der Waals surface area contributed by atoms with Crippen molar-refractivity contribution in [2.45, 2.75) is 296 Å². The second kappa shape index (κ2) is 55.5. The minimum absolute atomic E-state index is 0.169. The van der Waals surface area contributed by atoms with Crippen LogP contribution in [0.15, 0.2) is 48.6 Å². The minimum Gasteiger partial charge on any atom is -0.457 e. The highest BCUT2D eigenvalue weighted by Crippen LogP contribution is 2.17. The summed E-state index contributed by atoms with van der Waals surface area (Å²) in [6.45, 7) is 5.28. The minimum atomic E-state index is -0.535. The quantitative estimate of drug-likeness (QED) is 0.0376. The number of carbonyl (C=O) groups excluding carboxylic acids is 1. The normalized spacial score (nSPS) is 12.6. The molecule has 0 amide bonds. The summed E-state index contributed by atoms with van der Waals surface area (Å²) >= 11 is 0. The van der Waals surface area contributed by atoms with E-state index in [1.165, 1.54) is 225 Å². The lowest BCUT2D eigenvalue weighted by molar-refractivity contribution is -0.154. The molecule has 0 spiro atoms. The second-order valence-electron chi connectivity index (χ2n) is 18.6. The van der Waals surface area contributed by atoms with Gasteiger partial charge in [-0.1, -0.05) is 281 Å². The topological polar surface area (TPSA) is 55.8 Å². The van der Waals surface area contributed by atoms with E-state index in [0.717, 1.165) is 44.9 Å². The fourth-order valence-electron chi connectivity index (χ4n) is 8.32. The molecule has 0 aliphatic heterocycles. The first kappa shape index (κ1) is 60.4. The Bertz CT molecular complexity index is 966. The number of hydrogen-bond donors (Lipinski definition) is 1. The standard InChI is InChI=1S/C58H108O4/c1-3-5-7-9-11-13-15-17-19-21-23-25-27-29-31-33-35-37-39-41-43-45-47-49-51-53-58(60)62-57(55-59)56-61-54-52-50-48-46-44-42-40-38-36-34-32-30-28-26-24-22-20-18-16-14-12-10-8-6-4-2/h5,7,11,13,17,19,23,25,57,59H,3-4,6,8-10,12,14-16,18,20-22,24,26-56H2,1-2H3/b7-5-,13-11-,19-17-,25-23-. The molecule has 1 N–H and O–H groups in total. The molecule has 0 fully saturated rings. The molecule has 62 heavy (non-hydrogen) atoms. The van der Waals surface area contributed by atoms with E-state index in [4.69, 9.17) is 9.47 Å². The highest BCUT2D eigenvalue weighted by atomic mass is 16.6. The van der Waals surface area contributed by atoms with Crippen molar-refractivity contribution in [1.29, 1.82) is 0 Å². The van der Waals surface area contributed by atoms with Crippen molar-refractivity contribution in [1.82, 2.24) is 0 Å². The summed E-state index contributed by atoms with van der Waals surface area (Å²) in [6.07, 6.45) is 73.7. The zero-order chi connectivity index (χ0) is 44.8. The summed E-state index contributed by atoms with van der Waals surface area (Å²) in [7, 11) is 0. The van der Waals surface area contributed by atoms with E-state index < -0.39 is 6.10 Å². The number of esters is 1. The van der Waals surface area contributed by atoms with Crippen LogP contribution in [-0.4, -0.2) is 37.0 Å². The van der Waals surface area contributed by atoms with Gasteiger partial charge < -0.3 is 14.6 Å². The molecule has 0 saturated heterocycles. The highest BCUT2D eigenvalue weighted by Gasteiger charge is 2.13. The number of ether oxygens (including phenoxy) is 2. The molecule has 0 radical (unpaired) electrons. The molecule has 0 aromatic carbocycles. The van der Waals surface area contributed by atoms with E-state index >= 15 is 0 Å². The molecule has 1 unspecified atom stereocenters. The number of hydrogen-bond acceptors (Lipinski definition) is 4. The number of allylic oxidation sites excluding steroid dienone is 8. The third kappa shape index (κ3) is 52.7. The third-order valence-corrected chi connectivity index (χ3v) is 12.4. The first-order valence-corrected chi connectivity index (χ1v) is 27.7. The Morgan fingerprint density at radius 2 is 0.726 bits per heavy atom. The van der Waals surface area contributed by atoms with Crippen molar-refractivity contribution >= 4 is 5.97 Å². The van der Waals surface area contributed by atoms with Crippen molar-refractivity contribution in [3.05, 3.63) is 48.6 Å². The van der Waals surface area contributed by atoms with Crippen LogP contribution in [-0.2, 0) is 14.3 Å². The summed E-state index contributed by atoms with van der Waals surface area (Å²) in [4.78, 5) is 12.3. The second-order valence-corrected chi connectivity index (χ2v) is 18.6. The van der Waals surface area contributed by atoms with Gasteiger partial charge in [0.05, 0.1) is 13.2 Å². The van der Waals surface area contributed by atoms with Crippen LogP contribution in [0.25, 0.3) is 0 Å². The molecule has 0 aromatic rings. The SMILES string of the molecule is CC/C=C\C/C=C\C/C=C\C/C=C\CCCCCCCCCCCCCCC(=O)OC(CO)COCCCCCCCCCCCCCCCCCCCCCCCCCCC. The molecule has 0 aromatic heterocycles. The van der Waals surface area contributed by atoms with Gasteiger partial charge in [-0.3, -0.25) is 4.79 Å². The number of carbonyl (C=O) groups is 1. The molecular weight excluding hydrogens is 761 g/mol.